The molecule has 100 valence electrons. The molecule has 1 aliphatic rings. The zero-order valence-corrected chi connectivity index (χ0v) is 12.2. The SMILES string of the molecule is CSCCN(C)C(CNC1CC1)c1ccccc1. The van der Waals surface area contributed by atoms with E-state index in [2.05, 4.69) is 53.9 Å². The van der Waals surface area contributed by atoms with Crippen LogP contribution in [0.2, 0.25) is 0 Å². The highest BCUT2D eigenvalue weighted by molar-refractivity contribution is 7.98. The van der Waals surface area contributed by atoms with E-state index in [1.54, 1.807) is 0 Å². The highest BCUT2D eigenvalue weighted by atomic mass is 32.2. The van der Waals surface area contributed by atoms with Gasteiger partial charge in [-0.05, 0) is 31.7 Å². The average molecular weight is 264 g/mol. The molecule has 0 aromatic heterocycles. The molecule has 0 bridgehead atoms. The highest BCUT2D eigenvalue weighted by Gasteiger charge is 2.23. The van der Waals surface area contributed by atoms with Gasteiger partial charge in [0.2, 0.25) is 0 Å². The summed E-state index contributed by atoms with van der Waals surface area (Å²) < 4.78 is 0. The Morgan fingerprint density at radius 1 is 1.33 bits per heavy atom. The molecule has 0 amide bonds. The first-order chi connectivity index (χ1) is 8.81. The van der Waals surface area contributed by atoms with Crippen molar-refractivity contribution in [3.8, 4) is 0 Å². The molecule has 1 saturated carbocycles. The van der Waals surface area contributed by atoms with Crippen molar-refractivity contribution in [2.45, 2.75) is 24.9 Å². The van der Waals surface area contributed by atoms with Crippen molar-refractivity contribution in [3.05, 3.63) is 35.9 Å². The first-order valence-corrected chi connectivity index (χ1v) is 8.18. The second-order valence-corrected chi connectivity index (χ2v) is 6.07. The van der Waals surface area contributed by atoms with Crippen molar-refractivity contribution in [1.29, 1.82) is 0 Å². The summed E-state index contributed by atoms with van der Waals surface area (Å²) in [7, 11) is 2.24. The van der Waals surface area contributed by atoms with Gasteiger partial charge in [0.1, 0.15) is 0 Å². The lowest BCUT2D eigenvalue weighted by molar-refractivity contribution is 0.251. The Morgan fingerprint density at radius 3 is 2.67 bits per heavy atom. The third kappa shape index (κ3) is 4.30. The van der Waals surface area contributed by atoms with Gasteiger partial charge in [-0.25, -0.2) is 0 Å². The maximum Gasteiger partial charge on any atom is 0.0470 e. The van der Waals surface area contributed by atoms with Gasteiger partial charge in [-0.15, -0.1) is 0 Å². The molecule has 0 radical (unpaired) electrons. The van der Waals surface area contributed by atoms with Gasteiger partial charge < -0.3 is 5.32 Å². The van der Waals surface area contributed by atoms with Crippen molar-refractivity contribution in [2.75, 3.05) is 32.1 Å². The molecule has 1 N–H and O–H groups in total. The van der Waals surface area contributed by atoms with Crippen molar-refractivity contribution in [2.24, 2.45) is 0 Å². The molecule has 0 spiro atoms. The van der Waals surface area contributed by atoms with Crippen LogP contribution in [0.3, 0.4) is 0 Å². The smallest absolute Gasteiger partial charge is 0.0470 e. The molecule has 18 heavy (non-hydrogen) atoms. The lowest BCUT2D eigenvalue weighted by atomic mass is 10.1. The molecule has 3 heteroatoms. The zero-order valence-electron chi connectivity index (χ0n) is 11.4. The number of benzene rings is 1. The molecule has 1 atom stereocenters. The Hall–Kier alpha value is -0.510. The fourth-order valence-corrected chi connectivity index (χ4v) is 2.63. The minimum atomic E-state index is 0.499. The molecular formula is C15H24N2S. The highest BCUT2D eigenvalue weighted by Crippen LogP contribution is 2.23. The average Bonchev–Trinajstić information content (AvgIpc) is 3.22. The van der Waals surface area contributed by atoms with Crippen LogP contribution in [0.4, 0.5) is 0 Å². The van der Waals surface area contributed by atoms with Gasteiger partial charge in [-0.2, -0.15) is 11.8 Å². The quantitative estimate of drug-likeness (QED) is 0.777. The van der Waals surface area contributed by atoms with E-state index >= 15 is 0 Å². The van der Waals surface area contributed by atoms with E-state index in [9.17, 15) is 0 Å². The van der Waals surface area contributed by atoms with Gasteiger partial charge in [0.05, 0.1) is 0 Å². The molecule has 2 rings (SSSR count). The second-order valence-electron chi connectivity index (χ2n) is 5.08. The monoisotopic (exact) mass is 264 g/mol. The molecule has 0 saturated heterocycles. The van der Waals surface area contributed by atoms with E-state index in [4.69, 9.17) is 0 Å². The first kappa shape index (κ1) is 13.9. The molecular weight excluding hydrogens is 240 g/mol. The van der Waals surface area contributed by atoms with Gasteiger partial charge in [0.15, 0.2) is 0 Å². The van der Waals surface area contributed by atoms with E-state index in [0.717, 1.165) is 19.1 Å². The predicted octanol–water partition coefficient (Wildman–Crippen LogP) is 2.77. The van der Waals surface area contributed by atoms with Gasteiger partial charge in [-0.1, -0.05) is 30.3 Å². The van der Waals surface area contributed by atoms with Crippen LogP contribution in [-0.2, 0) is 0 Å². The summed E-state index contributed by atoms with van der Waals surface area (Å²) in [5, 5.41) is 3.66. The molecule has 0 aliphatic heterocycles. The molecule has 1 fully saturated rings. The zero-order chi connectivity index (χ0) is 12.8. The van der Waals surface area contributed by atoms with Crippen LogP contribution in [0, 0.1) is 0 Å². The number of hydrogen-bond donors (Lipinski definition) is 1. The van der Waals surface area contributed by atoms with Crippen LogP contribution in [0.5, 0.6) is 0 Å². The summed E-state index contributed by atoms with van der Waals surface area (Å²) in [6.45, 7) is 2.21. The molecule has 1 unspecified atom stereocenters. The van der Waals surface area contributed by atoms with Gasteiger partial charge in [-0.3, -0.25) is 4.90 Å². The minimum absolute atomic E-state index is 0.499. The lowest BCUT2D eigenvalue weighted by Crippen LogP contribution is -2.35. The lowest BCUT2D eigenvalue weighted by Gasteiger charge is -2.28. The predicted molar refractivity (Wildman–Crippen MR) is 81.2 cm³/mol. The summed E-state index contributed by atoms with van der Waals surface area (Å²) in [6, 6.07) is 12.1. The molecule has 1 aliphatic carbocycles. The number of rotatable bonds is 8. The Balaban J connectivity index is 1.96. The number of likely N-dealkylation sites (N-methyl/N-ethyl adjacent to an activating group) is 1. The minimum Gasteiger partial charge on any atom is -0.312 e. The molecule has 0 heterocycles. The number of thioether (sulfide) groups is 1. The fraction of sp³-hybridized carbons (Fsp3) is 0.600. The third-order valence-electron chi connectivity index (χ3n) is 3.54. The number of hydrogen-bond acceptors (Lipinski definition) is 3. The standard InChI is InChI=1S/C15H24N2S/c1-17(10-11-18-2)15(12-16-14-8-9-14)13-6-4-3-5-7-13/h3-7,14-16H,8-12H2,1-2H3. The van der Waals surface area contributed by atoms with Crippen molar-refractivity contribution < 1.29 is 0 Å². The first-order valence-electron chi connectivity index (χ1n) is 6.78. The molecule has 2 nitrogen and oxygen atoms in total. The molecule has 1 aromatic carbocycles. The van der Waals surface area contributed by atoms with Crippen LogP contribution in [-0.4, -0.2) is 43.1 Å². The Morgan fingerprint density at radius 2 is 2.06 bits per heavy atom. The number of nitrogens with one attached hydrogen (secondary N) is 1. The van der Waals surface area contributed by atoms with Gasteiger partial charge in [0.25, 0.3) is 0 Å². The summed E-state index contributed by atoms with van der Waals surface area (Å²) in [4.78, 5) is 2.47. The van der Waals surface area contributed by atoms with Crippen LogP contribution in [0.25, 0.3) is 0 Å². The number of nitrogens with zero attached hydrogens (tertiary/aromatic N) is 1. The summed E-state index contributed by atoms with van der Waals surface area (Å²) >= 11 is 1.92. The Bertz CT molecular complexity index is 338. The van der Waals surface area contributed by atoms with Crippen molar-refractivity contribution in [1.82, 2.24) is 10.2 Å². The van der Waals surface area contributed by atoms with E-state index in [0.29, 0.717) is 6.04 Å². The van der Waals surface area contributed by atoms with Gasteiger partial charge >= 0.3 is 0 Å². The second kappa shape index (κ2) is 7.17. The Kier molecular flexibility index (Phi) is 5.54. The summed E-state index contributed by atoms with van der Waals surface area (Å²) in [5.41, 5.74) is 1.43. The maximum atomic E-state index is 3.66. The van der Waals surface area contributed by atoms with Crippen LogP contribution < -0.4 is 5.32 Å². The largest absolute Gasteiger partial charge is 0.312 e. The van der Waals surface area contributed by atoms with Crippen LogP contribution in [0.15, 0.2) is 30.3 Å². The molecule has 1 aromatic rings. The van der Waals surface area contributed by atoms with Crippen LogP contribution >= 0.6 is 11.8 Å². The summed E-state index contributed by atoms with van der Waals surface area (Å²) in [6.07, 6.45) is 4.89. The topological polar surface area (TPSA) is 15.3 Å². The van der Waals surface area contributed by atoms with E-state index in [1.807, 2.05) is 11.8 Å². The fourth-order valence-electron chi connectivity index (χ4n) is 2.16. The van der Waals surface area contributed by atoms with Crippen LogP contribution in [0.1, 0.15) is 24.4 Å². The maximum absolute atomic E-state index is 3.66. The normalized spacial score (nSPS) is 17.1. The van der Waals surface area contributed by atoms with E-state index < -0.39 is 0 Å². The van der Waals surface area contributed by atoms with E-state index in [-0.39, 0.29) is 0 Å². The Labute approximate surface area is 115 Å². The van der Waals surface area contributed by atoms with E-state index in [1.165, 1.54) is 24.2 Å². The third-order valence-corrected chi connectivity index (χ3v) is 4.13. The summed E-state index contributed by atoms with van der Waals surface area (Å²) in [5.74, 6) is 1.20. The van der Waals surface area contributed by atoms with Gasteiger partial charge in [0, 0.05) is 30.9 Å². The van der Waals surface area contributed by atoms with Crippen molar-refractivity contribution >= 4 is 11.8 Å². The van der Waals surface area contributed by atoms with Crippen molar-refractivity contribution in [3.63, 3.8) is 0 Å².